The molecule has 0 N–H and O–H groups in total. The van der Waals surface area contributed by atoms with Crippen molar-refractivity contribution in [2.75, 3.05) is 0 Å². The Labute approximate surface area is 98.7 Å². The van der Waals surface area contributed by atoms with Gasteiger partial charge >= 0.3 is 0 Å². The topological polar surface area (TPSA) is 0 Å². The van der Waals surface area contributed by atoms with Gasteiger partial charge in [-0.25, -0.2) is 0 Å². The zero-order chi connectivity index (χ0) is 11.4. The van der Waals surface area contributed by atoms with E-state index in [9.17, 15) is 0 Å². The molecule has 0 radical (unpaired) electrons. The Morgan fingerprint density at radius 1 is 1.27 bits per heavy atom. The van der Waals surface area contributed by atoms with E-state index in [-0.39, 0.29) is 5.38 Å². The third-order valence-electron chi connectivity index (χ3n) is 3.07. The fourth-order valence-electron chi connectivity index (χ4n) is 1.82. The third-order valence-corrected chi connectivity index (χ3v) is 3.48. The lowest BCUT2D eigenvalue weighted by atomic mass is 9.95. The van der Waals surface area contributed by atoms with Crippen LogP contribution in [0, 0.1) is 19.8 Å². The maximum absolute atomic E-state index is 6.44. The highest BCUT2D eigenvalue weighted by molar-refractivity contribution is 6.20. The summed E-state index contributed by atoms with van der Waals surface area (Å²) in [5.41, 5.74) is 3.92. The molecule has 0 bridgehead atoms. The van der Waals surface area contributed by atoms with Gasteiger partial charge in [-0.3, -0.25) is 0 Å². The first-order chi connectivity index (χ1) is 7.04. The average molecular weight is 225 g/mol. The molecule has 0 amide bonds. The molecule has 0 aliphatic rings. The molecule has 0 fully saturated rings. The highest BCUT2D eigenvalue weighted by Gasteiger charge is 2.13. The zero-order valence-electron chi connectivity index (χ0n) is 10.2. The van der Waals surface area contributed by atoms with E-state index in [0.29, 0.717) is 5.92 Å². The summed E-state index contributed by atoms with van der Waals surface area (Å²) < 4.78 is 0. The minimum atomic E-state index is 0.167. The molecule has 0 aromatic heterocycles. The standard InChI is InChI=1S/C14H21Cl/c1-5-10(2)9-14(15)13-7-6-11(3)8-12(13)4/h6-8,10,14H,5,9H2,1-4H3. The molecule has 15 heavy (non-hydrogen) atoms. The minimum absolute atomic E-state index is 0.167. The predicted molar refractivity (Wildman–Crippen MR) is 68.6 cm³/mol. The molecule has 0 nitrogen and oxygen atoms in total. The van der Waals surface area contributed by atoms with Gasteiger partial charge in [-0.05, 0) is 37.3 Å². The molecule has 0 heterocycles. The molecule has 0 saturated heterocycles. The van der Waals surface area contributed by atoms with Gasteiger partial charge in [-0.15, -0.1) is 11.6 Å². The quantitative estimate of drug-likeness (QED) is 0.630. The Hall–Kier alpha value is -0.490. The second-order valence-electron chi connectivity index (χ2n) is 4.58. The summed E-state index contributed by atoms with van der Waals surface area (Å²) in [4.78, 5) is 0. The number of hydrogen-bond donors (Lipinski definition) is 0. The highest BCUT2D eigenvalue weighted by atomic mass is 35.5. The van der Waals surface area contributed by atoms with E-state index in [1.54, 1.807) is 0 Å². The number of rotatable bonds is 4. The van der Waals surface area contributed by atoms with Crippen molar-refractivity contribution in [2.24, 2.45) is 5.92 Å². The number of alkyl halides is 1. The number of aryl methyl sites for hydroxylation is 2. The molecule has 1 aromatic carbocycles. The van der Waals surface area contributed by atoms with Crippen molar-refractivity contribution >= 4 is 11.6 Å². The first kappa shape index (κ1) is 12.6. The maximum Gasteiger partial charge on any atom is 0.0590 e. The molecule has 2 unspecified atom stereocenters. The van der Waals surface area contributed by atoms with Crippen LogP contribution >= 0.6 is 11.6 Å². The number of halogens is 1. The third kappa shape index (κ3) is 3.53. The summed E-state index contributed by atoms with van der Waals surface area (Å²) >= 11 is 6.44. The highest BCUT2D eigenvalue weighted by Crippen LogP contribution is 2.31. The van der Waals surface area contributed by atoms with E-state index < -0.39 is 0 Å². The van der Waals surface area contributed by atoms with Crippen LogP contribution in [0.3, 0.4) is 0 Å². The van der Waals surface area contributed by atoms with Crippen LogP contribution in [0.15, 0.2) is 18.2 Å². The second-order valence-corrected chi connectivity index (χ2v) is 5.10. The summed E-state index contributed by atoms with van der Waals surface area (Å²) in [5.74, 6) is 0.702. The molecule has 0 aliphatic heterocycles. The van der Waals surface area contributed by atoms with Gasteiger partial charge in [-0.2, -0.15) is 0 Å². The molecule has 0 spiro atoms. The molecule has 1 aromatic rings. The van der Waals surface area contributed by atoms with Crippen LogP contribution in [0.1, 0.15) is 48.8 Å². The first-order valence-electron chi connectivity index (χ1n) is 5.75. The SMILES string of the molecule is CCC(C)CC(Cl)c1ccc(C)cc1C. The van der Waals surface area contributed by atoms with Gasteiger partial charge in [0.15, 0.2) is 0 Å². The van der Waals surface area contributed by atoms with E-state index >= 15 is 0 Å². The van der Waals surface area contributed by atoms with Crippen molar-refractivity contribution in [3.63, 3.8) is 0 Å². The van der Waals surface area contributed by atoms with Gasteiger partial charge in [0.2, 0.25) is 0 Å². The monoisotopic (exact) mass is 224 g/mol. The van der Waals surface area contributed by atoms with Crippen molar-refractivity contribution in [3.8, 4) is 0 Å². The van der Waals surface area contributed by atoms with Crippen LogP contribution in [0.2, 0.25) is 0 Å². The summed E-state index contributed by atoms with van der Waals surface area (Å²) in [7, 11) is 0. The normalized spacial score (nSPS) is 15.0. The molecule has 1 rings (SSSR count). The molecule has 1 heteroatoms. The van der Waals surface area contributed by atoms with E-state index in [1.807, 2.05) is 0 Å². The molecular weight excluding hydrogens is 204 g/mol. The fraction of sp³-hybridized carbons (Fsp3) is 0.571. The van der Waals surface area contributed by atoms with Crippen molar-refractivity contribution in [1.82, 2.24) is 0 Å². The molecular formula is C14H21Cl. The summed E-state index contributed by atoms with van der Waals surface area (Å²) in [6.45, 7) is 8.75. The van der Waals surface area contributed by atoms with Gasteiger partial charge in [0, 0.05) is 0 Å². The van der Waals surface area contributed by atoms with Crippen LogP contribution in [0.25, 0.3) is 0 Å². The summed E-state index contributed by atoms with van der Waals surface area (Å²) in [5, 5.41) is 0.167. The van der Waals surface area contributed by atoms with Crippen LogP contribution in [-0.2, 0) is 0 Å². The van der Waals surface area contributed by atoms with E-state index in [2.05, 4.69) is 45.9 Å². The van der Waals surface area contributed by atoms with E-state index in [4.69, 9.17) is 11.6 Å². The lowest BCUT2D eigenvalue weighted by Crippen LogP contribution is -2.01. The Bertz CT molecular complexity index is 317. The van der Waals surface area contributed by atoms with Gasteiger partial charge in [0.05, 0.1) is 5.38 Å². The minimum Gasteiger partial charge on any atom is -0.118 e. The Kier molecular flexibility index (Phi) is 4.66. The molecule has 0 saturated carbocycles. The van der Waals surface area contributed by atoms with Gasteiger partial charge in [-0.1, -0.05) is 44.0 Å². The molecule has 0 aliphatic carbocycles. The number of benzene rings is 1. The Balaban J connectivity index is 2.77. The summed E-state index contributed by atoms with van der Waals surface area (Å²) in [6.07, 6.45) is 2.27. The van der Waals surface area contributed by atoms with Crippen molar-refractivity contribution in [3.05, 3.63) is 34.9 Å². The molecule has 84 valence electrons. The van der Waals surface area contributed by atoms with E-state index in [1.165, 1.54) is 23.1 Å². The van der Waals surface area contributed by atoms with E-state index in [0.717, 1.165) is 6.42 Å². The van der Waals surface area contributed by atoms with Gasteiger partial charge < -0.3 is 0 Å². The lowest BCUT2D eigenvalue weighted by molar-refractivity contribution is 0.507. The maximum atomic E-state index is 6.44. The first-order valence-corrected chi connectivity index (χ1v) is 6.19. The largest absolute Gasteiger partial charge is 0.118 e. The number of hydrogen-bond acceptors (Lipinski definition) is 0. The average Bonchev–Trinajstić information content (AvgIpc) is 2.17. The van der Waals surface area contributed by atoms with Crippen LogP contribution in [0.5, 0.6) is 0 Å². The second kappa shape index (κ2) is 5.55. The summed E-state index contributed by atoms with van der Waals surface area (Å²) in [6, 6.07) is 6.53. The van der Waals surface area contributed by atoms with Crippen LogP contribution in [-0.4, -0.2) is 0 Å². The molecule has 2 atom stereocenters. The smallest absolute Gasteiger partial charge is 0.0590 e. The van der Waals surface area contributed by atoms with Crippen LogP contribution in [0.4, 0.5) is 0 Å². The van der Waals surface area contributed by atoms with Crippen LogP contribution < -0.4 is 0 Å². The van der Waals surface area contributed by atoms with Gasteiger partial charge in [0.1, 0.15) is 0 Å². The van der Waals surface area contributed by atoms with Gasteiger partial charge in [0.25, 0.3) is 0 Å². The zero-order valence-corrected chi connectivity index (χ0v) is 10.9. The predicted octanol–water partition coefficient (Wildman–Crippen LogP) is 5.02. The van der Waals surface area contributed by atoms with Crippen molar-refractivity contribution in [2.45, 2.75) is 45.9 Å². The Morgan fingerprint density at radius 2 is 1.93 bits per heavy atom. The lowest BCUT2D eigenvalue weighted by Gasteiger charge is -2.16. The fourth-order valence-corrected chi connectivity index (χ4v) is 2.37. The van der Waals surface area contributed by atoms with Crippen molar-refractivity contribution in [1.29, 1.82) is 0 Å². The van der Waals surface area contributed by atoms with Crippen molar-refractivity contribution < 1.29 is 0 Å². The Morgan fingerprint density at radius 3 is 2.47 bits per heavy atom.